The number of carbonyl (C=O) groups excluding carboxylic acids is 1. The summed E-state index contributed by atoms with van der Waals surface area (Å²) in [6, 6.07) is 13.1. The zero-order valence-electron chi connectivity index (χ0n) is 16.3. The third-order valence-corrected chi connectivity index (χ3v) is 5.48. The molecule has 1 heterocycles. The number of benzene rings is 2. The Hall–Kier alpha value is -2.20. The highest BCUT2D eigenvalue weighted by Gasteiger charge is 2.27. The van der Waals surface area contributed by atoms with Crippen molar-refractivity contribution in [2.24, 2.45) is 5.92 Å². The van der Waals surface area contributed by atoms with Crippen molar-refractivity contribution in [1.29, 1.82) is 0 Å². The van der Waals surface area contributed by atoms with Crippen molar-refractivity contribution < 1.29 is 9.18 Å². The van der Waals surface area contributed by atoms with Gasteiger partial charge < -0.3 is 5.32 Å². The standard InChI is InChI=1S/C23H29FN2O/c1-3-17-10-7-11-18(4-2)22(17)25-23(27)20-12-8-14-26(16-20)15-19-9-5-6-13-21(19)24/h5-7,9-11,13,20H,3-4,8,12,14-16H2,1-2H3,(H,25,27). The molecule has 2 aromatic rings. The number of hydrogen-bond donors (Lipinski definition) is 1. The Labute approximate surface area is 161 Å². The number of aryl methyl sites for hydroxylation is 2. The van der Waals surface area contributed by atoms with E-state index >= 15 is 0 Å². The summed E-state index contributed by atoms with van der Waals surface area (Å²) in [5.41, 5.74) is 4.05. The number of halogens is 1. The summed E-state index contributed by atoms with van der Waals surface area (Å²) in [6.45, 7) is 6.37. The Morgan fingerprint density at radius 1 is 1.07 bits per heavy atom. The Kier molecular flexibility index (Phi) is 6.62. The van der Waals surface area contributed by atoms with Crippen LogP contribution in [-0.2, 0) is 24.2 Å². The first-order chi connectivity index (χ1) is 13.1. The third-order valence-electron chi connectivity index (χ3n) is 5.48. The van der Waals surface area contributed by atoms with Gasteiger partial charge in [-0.2, -0.15) is 0 Å². The molecule has 144 valence electrons. The Balaban J connectivity index is 1.68. The lowest BCUT2D eigenvalue weighted by molar-refractivity contribution is -0.121. The molecule has 1 N–H and O–H groups in total. The van der Waals surface area contributed by atoms with Crippen molar-refractivity contribution in [2.75, 3.05) is 18.4 Å². The number of piperidine rings is 1. The first-order valence-electron chi connectivity index (χ1n) is 9.99. The number of hydrogen-bond acceptors (Lipinski definition) is 2. The number of nitrogens with zero attached hydrogens (tertiary/aromatic N) is 1. The second-order valence-electron chi connectivity index (χ2n) is 7.31. The first kappa shape index (κ1) is 19.6. The van der Waals surface area contributed by atoms with Gasteiger partial charge in [-0.05, 0) is 49.4 Å². The quantitative estimate of drug-likeness (QED) is 0.794. The largest absolute Gasteiger partial charge is 0.325 e. The Morgan fingerprint density at radius 3 is 2.41 bits per heavy atom. The van der Waals surface area contributed by atoms with Gasteiger partial charge in [-0.15, -0.1) is 0 Å². The number of likely N-dealkylation sites (tertiary alicyclic amines) is 1. The van der Waals surface area contributed by atoms with Crippen LogP contribution in [0, 0.1) is 11.7 Å². The molecule has 3 rings (SSSR count). The molecule has 0 bridgehead atoms. The van der Waals surface area contributed by atoms with Crippen molar-refractivity contribution >= 4 is 11.6 Å². The number of para-hydroxylation sites is 1. The van der Waals surface area contributed by atoms with E-state index in [0.29, 0.717) is 18.7 Å². The predicted octanol–water partition coefficient (Wildman–Crippen LogP) is 4.80. The molecule has 1 fully saturated rings. The van der Waals surface area contributed by atoms with Gasteiger partial charge in [0.05, 0.1) is 5.92 Å². The van der Waals surface area contributed by atoms with Gasteiger partial charge in [0.1, 0.15) is 5.82 Å². The van der Waals surface area contributed by atoms with Crippen LogP contribution in [0.4, 0.5) is 10.1 Å². The van der Waals surface area contributed by atoms with Gasteiger partial charge >= 0.3 is 0 Å². The van der Waals surface area contributed by atoms with Gasteiger partial charge in [0.25, 0.3) is 0 Å². The molecule has 0 saturated carbocycles. The predicted molar refractivity (Wildman–Crippen MR) is 108 cm³/mol. The fourth-order valence-corrected chi connectivity index (χ4v) is 3.91. The van der Waals surface area contributed by atoms with Crippen molar-refractivity contribution in [3.8, 4) is 0 Å². The molecule has 0 spiro atoms. The van der Waals surface area contributed by atoms with E-state index in [1.807, 2.05) is 12.1 Å². The van der Waals surface area contributed by atoms with E-state index in [9.17, 15) is 9.18 Å². The molecule has 0 radical (unpaired) electrons. The molecular formula is C23H29FN2O. The molecule has 27 heavy (non-hydrogen) atoms. The normalized spacial score (nSPS) is 17.7. The number of anilines is 1. The molecule has 1 amide bonds. The van der Waals surface area contributed by atoms with Gasteiger partial charge in [0.15, 0.2) is 0 Å². The lowest BCUT2D eigenvalue weighted by Crippen LogP contribution is -2.40. The minimum Gasteiger partial charge on any atom is -0.325 e. The minimum absolute atomic E-state index is 0.0554. The van der Waals surface area contributed by atoms with Crippen LogP contribution in [0.1, 0.15) is 43.4 Å². The highest BCUT2D eigenvalue weighted by molar-refractivity contribution is 5.94. The summed E-state index contributed by atoms with van der Waals surface area (Å²) in [6.07, 6.45) is 3.64. The van der Waals surface area contributed by atoms with E-state index < -0.39 is 0 Å². The number of carbonyl (C=O) groups is 1. The maximum absolute atomic E-state index is 13.9. The van der Waals surface area contributed by atoms with E-state index in [4.69, 9.17) is 0 Å². The molecule has 3 nitrogen and oxygen atoms in total. The average Bonchev–Trinajstić information content (AvgIpc) is 2.70. The zero-order valence-corrected chi connectivity index (χ0v) is 16.3. The van der Waals surface area contributed by atoms with Crippen molar-refractivity contribution in [3.63, 3.8) is 0 Å². The monoisotopic (exact) mass is 368 g/mol. The Bertz CT molecular complexity index is 767. The maximum Gasteiger partial charge on any atom is 0.228 e. The fourth-order valence-electron chi connectivity index (χ4n) is 3.91. The number of nitrogens with one attached hydrogen (secondary N) is 1. The number of amides is 1. The molecular weight excluding hydrogens is 339 g/mol. The van der Waals surface area contributed by atoms with Crippen molar-refractivity contribution in [3.05, 3.63) is 65.0 Å². The fraction of sp³-hybridized carbons (Fsp3) is 0.435. The van der Waals surface area contributed by atoms with Crippen LogP contribution in [0.25, 0.3) is 0 Å². The lowest BCUT2D eigenvalue weighted by atomic mass is 9.95. The van der Waals surface area contributed by atoms with Crippen LogP contribution in [0.15, 0.2) is 42.5 Å². The first-order valence-corrected chi connectivity index (χ1v) is 9.99. The van der Waals surface area contributed by atoms with Crippen molar-refractivity contribution in [1.82, 2.24) is 4.90 Å². The second-order valence-corrected chi connectivity index (χ2v) is 7.31. The molecule has 0 aromatic heterocycles. The zero-order chi connectivity index (χ0) is 19.2. The minimum atomic E-state index is -0.173. The van der Waals surface area contributed by atoms with Crippen LogP contribution >= 0.6 is 0 Å². The van der Waals surface area contributed by atoms with Crippen LogP contribution in [0.5, 0.6) is 0 Å². The molecule has 1 aliphatic heterocycles. The van der Waals surface area contributed by atoms with Gasteiger partial charge in [0.2, 0.25) is 5.91 Å². The molecule has 1 unspecified atom stereocenters. The van der Waals surface area contributed by atoms with E-state index in [-0.39, 0.29) is 17.6 Å². The Morgan fingerprint density at radius 2 is 1.74 bits per heavy atom. The highest BCUT2D eigenvalue weighted by Crippen LogP contribution is 2.26. The summed E-state index contributed by atoms with van der Waals surface area (Å²) in [5.74, 6) is -0.141. The van der Waals surface area contributed by atoms with E-state index in [2.05, 4.69) is 42.3 Å². The smallest absolute Gasteiger partial charge is 0.228 e. The van der Waals surface area contributed by atoms with Gasteiger partial charge in [-0.1, -0.05) is 50.2 Å². The van der Waals surface area contributed by atoms with E-state index in [1.165, 1.54) is 17.2 Å². The number of rotatable bonds is 6. The maximum atomic E-state index is 13.9. The SMILES string of the molecule is CCc1cccc(CC)c1NC(=O)C1CCCN(Cc2ccccc2F)C1. The van der Waals surface area contributed by atoms with Crippen LogP contribution in [-0.4, -0.2) is 23.9 Å². The van der Waals surface area contributed by atoms with Crippen LogP contribution in [0.3, 0.4) is 0 Å². The summed E-state index contributed by atoms with van der Waals surface area (Å²) >= 11 is 0. The van der Waals surface area contributed by atoms with Crippen LogP contribution in [0.2, 0.25) is 0 Å². The van der Waals surface area contributed by atoms with Crippen molar-refractivity contribution in [2.45, 2.75) is 46.1 Å². The topological polar surface area (TPSA) is 32.3 Å². The molecule has 2 aromatic carbocycles. The molecule has 1 saturated heterocycles. The summed E-state index contributed by atoms with van der Waals surface area (Å²) in [4.78, 5) is 15.1. The van der Waals surface area contributed by atoms with E-state index in [1.54, 1.807) is 6.07 Å². The van der Waals surface area contributed by atoms with Gasteiger partial charge in [-0.25, -0.2) is 4.39 Å². The molecule has 0 aliphatic carbocycles. The molecule has 4 heteroatoms. The van der Waals surface area contributed by atoms with Gasteiger partial charge in [-0.3, -0.25) is 9.69 Å². The summed E-state index contributed by atoms with van der Waals surface area (Å²) in [7, 11) is 0. The molecule has 1 atom stereocenters. The highest BCUT2D eigenvalue weighted by atomic mass is 19.1. The third kappa shape index (κ3) is 4.75. The van der Waals surface area contributed by atoms with Gasteiger partial charge in [0, 0.05) is 24.3 Å². The van der Waals surface area contributed by atoms with E-state index in [0.717, 1.165) is 37.9 Å². The average molecular weight is 368 g/mol. The second kappa shape index (κ2) is 9.14. The summed E-state index contributed by atoms with van der Waals surface area (Å²) in [5, 5.41) is 3.21. The summed E-state index contributed by atoms with van der Waals surface area (Å²) < 4.78 is 13.9. The molecule has 1 aliphatic rings. The van der Waals surface area contributed by atoms with Crippen LogP contribution < -0.4 is 5.32 Å². The lowest BCUT2D eigenvalue weighted by Gasteiger charge is -2.32.